The molecule has 2 aromatic rings. The fourth-order valence-electron chi connectivity index (χ4n) is 1.37. The van der Waals surface area contributed by atoms with Crippen LogP contribution < -0.4 is 0 Å². The van der Waals surface area contributed by atoms with Gasteiger partial charge in [-0.25, -0.2) is 0 Å². The number of carbonyl (C=O) groups excluding carboxylic acids is 1. The van der Waals surface area contributed by atoms with Gasteiger partial charge in [-0.05, 0) is 12.5 Å². The third kappa shape index (κ3) is 1.91. The van der Waals surface area contributed by atoms with Crippen molar-refractivity contribution in [2.75, 3.05) is 0 Å². The lowest BCUT2D eigenvalue weighted by atomic mass is 10.0. The highest BCUT2D eigenvalue weighted by atomic mass is 16.1. The molecule has 0 bridgehead atoms. The number of hydrogen-bond acceptors (Lipinski definition) is 3. The Morgan fingerprint density at radius 2 is 1.73 bits per heavy atom. The van der Waals surface area contributed by atoms with Gasteiger partial charge in [0.05, 0.1) is 12.4 Å². The van der Waals surface area contributed by atoms with Crippen molar-refractivity contribution in [2.24, 2.45) is 0 Å². The molecule has 1 aromatic carbocycles. The number of ketones is 1. The van der Waals surface area contributed by atoms with Crippen LogP contribution in [0.15, 0.2) is 42.7 Å². The lowest BCUT2D eigenvalue weighted by Crippen LogP contribution is -2.04. The quantitative estimate of drug-likeness (QED) is 0.693. The molecule has 0 aliphatic carbocycles. The zero-order valence-corrected chi connectivity index (χ0v) is 8.34. The molecule has 0 amide bonds. The van der Waals surface area contributed by atoms with Crippen molar-refractivity contribution in [1.82, 2.24) is 10.2 Å². The van der Waals surface area contributed by atoms with E-state index in [9.17, 15) is 4.79 Å². The Bertz CT molecular complexity index is 480. The average Bonchev–Trinajstić information content (AvgIpc) is 2.30. The Hall–Kier alpha value is -2.03. The van der Waals surface area contributed by atoms with E-state index in [1.807, 2.05) is 25.1 Å². The van der Waals surface area contributed by atoms with Gasteiger partial charge in [-0.1, -0.05) is 30.3 Å². The van der Waals surface area contributed by atoms with Gasteiger partial charge in [0.15, 0.2) is 5.78 Å². The zero-order valence-electron chi connectivity index (χ0n) is 8.34. The second kappa shape index (κ2) is 4.00. The summed E-state index contributed by atoms with van der Waals surface area (Å²) >= 11 is 0. The van der Waals surface area contributed by atoms with Crippen LogP contribution in [0.5, 0.6) is 0 Å². The molecular weight excluding hydrogens is 188 g/mol. The zero-order chi connectivity index (χ0) is 10.7. The van der Waals surface area contributed by atoms with E-state index < -0.39 is 0 Å². The average molecular weight is 198 g/mol. The van der Waals surface area contributed by atoms with Crippen molar-refractivity contribution in [3.63, 3.8) is 0 Å². The Balaban J connectivity index is 2.42. The van der Waals surface area contributed by atoms with E-state index in [-0.39, 0.29) is 5.78 Å². The maximum Gasteiger partial charge on any atom is 0.194 e. The SMILES string of the molecule is Cc1cnncc1C(=O)c1ccccc1. The normalized spacial score (nSPS) is 9.93. The molecule has 1 heterocycles. The van der Waals surface area contributed by atoms with Crippen LogP contribution >= 0.6 is 0 Å². The molecule has 1 aromatic heterocycles. The van der Waals surface area contributed by atoms with Gasteiger partial charge in [0.2, 0.25) is 0 Å². The Morgan fingerprint density at radius 3 is 2.40 bits per heavy atom. The van der Waals surface area contributed by atoms with E-state index in [1.165, 1.54) is 6.20 Å². The topological polar surface area (TPSA) is 42.9 Å². The standard InChI is InChI=1S/C12H10N2O/c1-9-7-13-14-8-11(9)12(15)10-5-3-2-4-6-10/h2-8H,1H3. The van der Waals surface area contributed by atoms with Crippen molar-refractivity contribution in [1.29, 1.82) is 0 Å². The monoisotopic (exact) mass is 198 g/mol. The number of aryl methyl sites for hydroxylation is 1. The Morgan fingerprint density at radius 1 is 1.07 bits per heavy atom. The van der Waals surface area contributed by atoms with Crippen LogP contribution in [0, 0.1) is 6.92 Å². The number of rotatable bonds is 2. The van der Waals surface area contributed by atoms with Crippen molar-refractivity contribution < 1.29 is 4.79 Å². The van der Waals surface area contributed by atoms with Crippen molar-refractivity contribution in [2.45, 2.75) is 6.92 Å². The molecule has 3 nitrogen and oxygen atoms in total. The number of hydrogen-bond donors (Lipinski definition) is 0. The molecule has 0 saturated carbocycles. The summed E-state index contributed by atoms with van der Waals surface area (Å²) in [5.74, 6) is -0.0111. The van der Waals surface area contributed by atoms with Crippen LogP contribution in [0.4, 0.5) is 0 Å². The van der Waals surface area contributed by atoms with Gasteiger partial charge in [-0.3, -0.25) is 4.79 Å². The minimum Gasteiger partial charge on any atom is -0.289 e. The second-order valence-corrected chi connectivity index (χ2v) is 3.28. The van der Waals surface area contributed by atoms with Gasteiger partial charge in [-0.15, -0.1) is 0 Å². The minimum atomic E-state index is -0.0111. The maximum absolute atomic E-state index is 12.0. The fraction of sp³-hybridized carbons (Fsp3) is 0.0833. The minimum absolute atomic E-state index is 0.0111. The van der Waals surface area contributed by atoms with Crippen LogP contribution in [-0.2, 0) is 0 Å². The first-order chi connectivity index (χ1) is 7.29. The number of benzene rings is 1. The highest BCUT2D eigenvalue weighted by Crippen LogP contribution is 2.11. The molecule has 0 fully saturated rings. The smallest absolute Gasteiger partial charge is 0.194 e. The van der Waals surface area contributed by atoms with Crippen molar-refractivity contribution >= 4 is 5.78 Å². The summed E-state index contributed by atoms with van der Waals surface area (Å²) in [5.41, 5.74) is 2.13. The van der Waals surface area contributed by atoms with Crippen molar-refractivity contribution in [3.8, 4) is 0 Å². The highest BCUT2D eigenvalue weighted by Gasteiger charge is 2.10. The Labute approximate surface area is 87.8 Å². The van der Waals surface area contributed by atoms with E-state index in [0.29, 0.717) is 11.1 Å². The summed E-state index contributed by atoms with van der Waals surface area (Å²) in [6.45, 7) is 1.85. The van der Waals surface area contributed by atoms with Crippen LogP contribution in [0.25, 0.3) is 0 Å². The molecule has 0 N–H and O–H groups in total. The maximum atomic E-state index is 12.0. The first kappa shape index (κ1) is 9.52. The molecule has 0 aliphatic rings. The second-order valence-electron chi connectivity index (χ2n) is 3.28. The third-order valence-corrected chi connectivity index (χ3v) is 2.21. The fourth-order valence-corrected chi connectivity index (χ4v) is 1.37. The van der Waals surface area contributed by atoms with Crippen LogP contribution in [0.3, 0.4) is 0 Å². The molecule has 2 rings (SSSR count). The molecular formula is C12H10N2O. The Kier molecular flexibility index (Phi) is 2.54. The lowest BCUT2D eigenvalue weighted by molar-refractivity contribution is 0.103. The van der Waals surface area contributed by atoms with E-state index in [1.54, 1.807) is 18.3 Å². The molecule has 3 heteroatoms. The predicted molar refractivity (Wildman–Crippen MR) is 56.6 cm³/mol. The summed E-state index contributed by atoms with van der Waals surface area (Å²) in [6, 6.07) is 9.16. The number of nitrogens with zero attached hydrogens (tertiary/aromatic N) is 2. The highest BCUT2D eigenvalue weighted by molar-refractivity contribution is 6.09. The van der Waals surface area contributed by atoms with Crippen molar-refractivity contribution in [3.05, 3.63) is 59.4 Å². The molecule has 0 saturated heterocycles. The van der Waals surface area contributed by atoms with Gasteiger partial charge >= 0.3 is 0 Å². The van der Waals surface area contributed by atoms with Crippen LogP contribution in [0.1, 0.15) is 21.5 Å². The summed E-state index contributed by atoms with van der Waals surface area (Å²) in [6.07, 6.45) is 3.10. The first-order valence-corrected chi connectivity index (χ1v) is 4.66. The van der Waals surface area contributed by atoms with Crippen LogP contribution in [-0.4, -0.2) is 16.0 Å². The molecule has 0 unspecified atom stereocenters. The largest absolute Gasteiger partial charge is 0.289 e. The molecule has 0 atom stereocenters. The summed E-state index contributed by atoms with van der Waals surface area (Å²) in [4.78, 5) is 12.0. The summed E-state index contributed by atoms with van der Waals surface area (Å²) in [7, 11) is 0. The molecule has 0 radical (unpaired) electrons. The van der Waals surface area contributed by atoms with E-state index >= 15 is 0 Å². The molecule has 0 spiro atoms. The van der Waals surface area contributed by atoms with Gasteiger partial charge in [-0.2, -0.15) is 10.2 Å². The summed E-state index contributed by atoms with van der Waals surface area (Å²) in [5, 5.41) is 7.44. The third-order valence-electron chi connectivity index (χ3n) is 2.21. The van der Waals surface area contributed by atoms with Gasteiger partial charge < -0.3 is 0 Å². The number of carbonyl (C=O) groups is 1. The molecule has 0 aliphatic heterocycles. The van der Waals surface area contributed by atoms with E-state index in [2.05, 4.69) is 10.2 Å². The van der Waals surface area contributed by atoms with Gasteiger partial charge in [0.25, 0.3) is 0 Å². The first-order valence-electron chi connectivity index (χ1n) is 4.66. The van der Waals surface area contributed by atoms with Gasteiger partial charge in [0, 0.05) is 11.1 Å². The molecule has 15 heavy (non-hydrogen) atoms. The van der Waals surface area contributed by atoms with Crippen LogP contribution in [0.2, 0.25) is 0 Å². The predicted octanol–water partition coefficient (Wildman–Crippen LogP) is 2.02. The summed E-state index contributed by atoms with van der Waals surface area (Å²) < 4.78 is 0. The number of aromatic nitrogens is 2. The molecule has 74 valence electrons. The van der Waals surface area contributed by atoms with E-state index in [4.69, 9.17) is 0 Å². The lowest BCUT2D eigenvalue weighted by Gasteiger charge is -2.02. The van der Waals surface area contributed by atoms with E-state index in [0.717, 1.165) is 5.56 Å². The van der Waals surface area contributed by atoms with Gasteiger partial charge in [0.1, 0.15) is 0 Å².